The number of hydrogen-bond donors (Lipinski definition) is 2. The topological polar surface area (TPSA) is 70.7 Å². The molecular formula is C18H26FN3O3. The van der Waals surface area contributed by atoms with Crippen molar-refractivity contribution >= 4 is 12.0 Å². The fourth-order valence-corrected chi connectivity index (χ4v) is 2.79. The van der Waals surface area contributed by atoms with Crippen LogP contribution < -0.4 is 10.6 Å². The second kappa shape index (κ2) is 9.98. The normalized spacial score (nSPS) is 15.0. The van der Waals surface area contributed by atoms with E-state index >= 15 is 0 Å². The Bertz CT molecular complexity index is 574. The Morgan fingerprint density at radius 3 is 2.68 bits per heavy atom. The molecule has 2 amide bonds. The van der Waals surface area contributed by atoms with Gasteiger partial charge in [-0.3, -0.25) is 4.79 Å². The fraction of sp³-hybridized carbons (Fsp3) is 0.556. The lowest BCUT2D eigenvalue weighted by Gasteiger charge is -2.31. The zero-order valence-electron chi connectivity index (χ0n) is 14.6. The summed E-state index contributed by atoms with van der Waals surface area (Å²) in [5.41, 5.74) is 0.592. The highest BCUT2D eigenvalue weighted by atomic mass is 19.1. The summed E-state index contributed by atoms with van der Waals surface area (Å²) in [6.45, 7) is 4.23. The Balaban J connectivity index is 1.60. The van der Waals surface area contributed by atoms with Crippen molar-refractivity contribution in [1.29, 1.82) is 0 Å². The van der Waals surface area contributed by atoms with E-state index in [9.17, 15) is 14.0 Å². The van der Waals surface area contributed by atoms with Crippen molar-refractivity contribution in [3.8, 4) is 0 Å². The van der Waals surface area contributed by atoms with Crippen LogP contribution in [0.2, 0.25) is 0 Å². The number of ether oxygens (including phenoxy) is 1. The van der Waals surface area contributed by atoms with E-state index in [0.29, 0.717) is 44.8 Å². The van der Waals surface area contributed by atoms with Crippen LogP contribution in [0.5, 0.6) is 0 Å². The van der Waals surface area contributed by atoms with Crippen LogP contribution in [0.1, 0.15) is 31.7 Å². The van der Waals surface area contributed by atoms with Gasteiger partial charge >= 0.3 is 6.09 Å². The Labute approximate surface area is 147 Å². The molecule has 138 valence electrons. The van der Waals surface area contributed by atoms with Crippen molar-refractivity contribution in [3.63, 3.8) is 0 Å². The minimum absolute atomic E-state index is 0.0318. The molecule has 1 aliphatic rings. The van der Waals surface area contributed by atoms with Crippen molar-refractivity contribution in [2.24, 2.45) is 0 Å². The van der Waals surface area contributed by atoms with Crippen molar-refractivity contribution in [2.75, 3.05) is 26.2 Å². The summed E-state index contributed by atoms with van der Waals surface area (Å²) >= 11 is 0. The summed E-state index contributed by atoms with van der Waals surface area (Å²) in [7, 11) is 0. The van der Waals surface area contributed by atoms with E-state index in [2.05, 4.69) is 10.6 Å². The first-order valence-corrected chi connectivity index (χ1v) is 8.75. The fourth-order valence-electron chi connectivity index (χ4n) is 2.79. The second-order valence-electron chi connectivity index (χ2n) is 6.05. The van der Waals surface area contributed by atoms with Gasteiger partial charge in [-0.05, 0) is 25.8 Å². The molecular weight excluding hydrogens is 325 g/mol. The van der Waals surface area contributed by atoms with Crippen LogP contribution in [0.25, 0.3) is 0 Å². The highest BCUT2D eigenvalue weighted by Gasteiger charge is 2.24. The minimum atomic E-state index is -0.287. The van der Waals surface area contributed by atoms with Gasteiger partial charge in [0.2, 0.25) is 5.91 Å². The maximum absolute atomic E-state index is 13.5. The molecule has 2 rings (SSSR count). The van der Waals surface area contributed by atoms with Crippen molar-refractivity contribution < 1.29 is 18.7 Å². The number of hydrogen-bond acceptors (Lipinski definition) is 4. The molecule has 0 atom stereocenters. The molecule has 0 spiro atoms. The summed E-state index contributed by atoms with van der Waals surface area (Å²) in [6, 6.07) is 6.67. The van der Waals surface area contributed by atoms with Gasteiger partial charge in [-0.1, -0.05) is 18.2 Å². The predicted molar refractivity (Wildman–Crippen MR) is 92.5 cm³/mol. The first-order chi connectivity index (χ1) is 12.1. The first-order valence-electron chi connectivity index (χ1n) is 8.75. The highest BCUT2D eigenvalue weighted by molar-refractivity contribution is 5.76. The van der Waals surface area contributed by atoms with Crippen molar-refractivity contribution in [3.05, 3.63) is 35.6 Å². The average molecular weight is 351 g/mol. The largest absolute Gasteiger partial charge is 0.450 e. The van der Waals surface area contributed by atoms with E-state index in [-0.39, 0.29) is 23.9 Å². The van der Waals surface area contributed by atoms with Gasteiger partial charge in [-0.15, -0.1) is 0 Å². The van der Waals surface area contributed by atoms with Crippen LogP contribution >= 0.6 is 0 Å². The molecule has 1 heterocycles. The third-order valence-electron chi connectivity index (χ3n) is 4.19. The molecule has 1 aliphatic heterocycles. The zero-order valence-corrected chi connectivity index (χ0v) is 14.6. The lowest BCUT2D eigenvalue weighted by atomic mass is 10.1. The number of nitrogens with zero attached hydrogens (tertiary/aromatic N) is 1. The van der Waals surface area contributed by atoms with Crippen LogP contribution in [-0.4, -0.2) is 49.2 Å². The zero-order chi connectivity index (χ0) is 18.1. The molecule has 0 saturated carbocycles. The monoisotopic (exact) mass is 351 g/mol. The SMILES string of the molecule is CCOC(=O)N1CCC(NC(=O)CCNCc2ccccc2F)CC1. The van der Waals surface area contributed by atoms with Crippen LogP contribution in [0.3, 0.4) is 0 Å². The summed E-state index contributed by atoms with van der Waals surface area (Å²) in [5, 5.41) is 6.07. The average Bonchev–Trinajstić information content (AvgIpc) is 2.61. The molecule has 0 aromatic heterocycles. The molecule has 0 radical (unpaired) electrons. The van der Waals surface area contributed by atoms with Crippen LogP contribution in [0, 0.1) is 5.82 Å². The quantitative estimate of drug-likeness (QED) is 0.738. The van der Waals surface area contributed by atoms with Gasteiger partial charge in [0.15, 0.2) is 0 Å². The molecule has 6 nitrogen and oxygen atoms in total. The number of amides is 2. The Hall–Kier alpha value is -2.15. The maximum atomic E-state index is 13.5. The number of carbonyl (C=O) groups is 2. The van der Waals surface area contributed by atoms with E-state index in [1.807, 2.05) is 0 Å². The number of nitrogens with one attached hydrogen (secondary N) is 2. The van der Waals surface area contributed by atoms with Gasteiger partial charge in [-0.25, -0.2) is 9.18 Å². The summed E-state index contributed by atoms with van der Waals surface area (Å²) < 4.78 is 18.4. The summed E-state index contributed by atoms with van der Waals surface area (Å²) in [4.78, 5) is 25.3. The van der Waals surface area contributed by atoms with E-state index in [4.69, 9.17) is 4.74 Å². The number of carbonyl (C=O) groups excluding carboxylic acids is 2. The standard InChI is InChI=1S/C18H26FN3O3/c1-2-25-18(24)22-11-8-15(9-12-22)21-17(23)7-10-20-13-14-5-3-4-6-16(14)19/h3-6,15,20H,2,7-13H2,1H3,(H,21,23). The minimum Gasteiger partial charge on any atom is -0.450 e. The third kappa shape index (κ3) is 6.34. The van der Waals surface area contributed by atoms with E-state index in [1.165, 1.54) is 6.07 Å². The van der Waals surface area contributed by atoms with E-state index in [0.717, 1.165) is 12.8 Å². The molecule has 0 unspecified atom stereocenters. The second-order valence-corrected chi connectivity index (χ2v) is 6.05. The van der Waals surface area contributed by atoms with Gasteiger partial charge in [-0.2, -0.15) is 0 Å². The number of piperidine rings is 1. The van der Waals surface area contributed by atoms with Gasteiger partial charge in [0, 0.05) is 44.2 Å². The van der Waals surface area contributed by atoms with E-state index < -0.39 is 0 Å². The lowest BCUT2D eigenvalue weighted by molar-refractivity contribution is -0.122. The highest BCUT2D eigenvalue weighted by Crippen LogP contribution is 2.11. The smallest absolute Gasteiger partial charge is 0.409 e. The van der Waals surface area contributed by atoms with Crippen molar-refractivity contribution in [2.45, 2.75) is 38.8 Å². The number of benzene rings is 1. The molecule has 1 saturated heterocycles. The summed E-state index contributed by atoms with van der Waals surface area (Å²) in [5.74, 6) is -0.275. The molecule has 25 heavy (non-hydrogen) atoms. The predicted octanol–water partition coefficient (Wildman–Crippen LogP) is 2.04. The van der Waals surface area contributed by atoms with E-state index in [1.54, 1.807) is 30.0 Å². The molecule has 2 N–H and O–H groups in total. The van der Waals surface area contributed by atoms with Gasteiger partial charge in [0.25, 0.3) is 0 Å². The number of rotatable bonds is 7. The summed E-state index contributed by atoms with van der Waals surface area (Å²) in [6.07, 6.45) is 1.51. The molecule has 0 bridgehead atoms. The Morgan fingerprint density at radius 2 is 2.00 bits per heavy atom. The lowest BCUT2D eigenvalue weighted by Crippen LogP contribution is -2.47. The molecule has 1 fully saturated rings. The first kappa shape index (κ1) is 19.2. The van der Waals surface area contributed by atoms with Crippen LogP contribution in [0.15, 0.2) is 24.3 Å². The molecule has 0 aliphatic carbocycles. The molecule has 1 aromatic rings. The number of likely N-dealkylation sites (tertiary alicyclic amines) is 1. The number of halogens is 1. The van der Waals surface area contributed by atoms with Crippen LogP contribution in [0.4, 0.5) is 9.18 Å². The molecule has 1 aromatic carbocycles. The molecule has 7 heteroatoms. The third-order valence-corrected chi connectivity index (χ3v) is 4.19. The Morgan fingerprint density at radius 1 is 1.28 bits per heavy atom. The maximum Gasteiger partial charge on any atom is 0.409 e. The Kier molecular flexibility index (Phi) is 7.66. The van der Waals surface area contributed by atoms with Gasteiger partial charge < -0.3 is 20.3 Å². The van der Waals surface area contributed by atoms with Crippen molar-refractivity contribution in [1.82, 2.24) is 15.5 Å². The van der Waals surface area contributed by atoms with Gasteiger partial charge in [0.05, 0.1) is 6.61 Å². The van der Waals surface area contributed by atoms with Gasteiger partial charge in [0.1, 0.15) is 5.82 Å². The van der Waals surface area contributed by atoms with Crippen LogP contribution in [-0.2, 0) is 16.1 Å².